The summed E-state index contributed by atoms with van der Waals surface area (Å²) in [5.74, 6) is -0.665. The van der Waals surface area contributed by atoms with Gasteiger partial charge in [-0.1, -0.05) is 30.8 Å². The Bertz CT molecular complexity index is 1500. The monoisotopic (exact) mass is 524 g/mol. The normalized spacial score (nSPS) is 13.2. The number of benzene rings is 3. The van der Waals surface area contributed by atoms with Crippen LogP contribution in [0.1, 0.15) is 36.0 Å². The Balaban J connectivity index is 1.51. The highest BCUT2D eigenvalue weighted by Crippen LogP contribution is 2.30. The van der Waals surface area contributed by atoms with Gasteiger partial charge < -0.3 is 10.2 Å². The van der Waals surface area contributed by atoms with Crippen molar-refractivity contribution in [1.29, 1.82) is 0 Å². The van der Waals surface area contributed by atoms with E-state index in [0.717, 1.165) is 24.5 Å². The minimum atomic E-state index is -0.470. The lowest BCUT2D eigenvalue weighted by Crippen LogP contribution is -2.29. The van der Waals surface area contributed by atoms with Gasteiger partial charge in [0.1, 0.15) is 11.6 Å². The number of ketones is 1. The minimum Gasteiger partial charge on any atom is -0.371 e. The van der Waals surface area contributed by atoms with Crippen LogP contribution >= 0.6 is 0 Å². The molecular weight excluding hydrogens is 494 g/mol. The summed E-state index contributed by atoms with van der Waals surface area (Å²) >= 11 is 0. The Morgan fingerprint density at radius 2 is 1.79 bits per heavy atom. The molecule has 0 saturated carbocycles. The first-order valence-electron chi connectivity index (χ1n) is 13.1. The van der Waals surface area contributed by atoms with Crippen LogP contribution in [0, 0.1) is 11.6 Å². The molecule has 0 radical (unpaired) electrons. The van der Waals surface area contributed by atoms with E-state index in [1.807, 2.05) is 12.1 Å². The summed E-state index contributed by atoms with van der Waals surface area (Å²) < 4.78 is 29.1. The topological polar surface area (TPSA) is 58.1 Å². The van der Waals surface area contributed by atoms with E-state index in [1.165, 1.54) is 43.5 Å². The van der Waals surface area contributed by atoms with Crippen LogP contribution in [-0.2, 0) is 17.6 Å². The van der Waals surface area contributed by atoms with E-state index in [9.17, 15) is 9.18 Å². The zero-order valence-electron chi connectivity index (χ0n) is 21.7. The summed E-state index contributed by atoms with van der Waals surface area (Å²) in [6, 6.07) is 18.9. The van der Waals surface area contributed by atoms with Gasteiger partial charge in [0, 0.05) is 54.6 Å². The number of anilines is 3. The van der Waals surface area contributed by atoms with Crippen molar-refractivity contribution < 1.29 is 13.6 Å². The van der Waals surface area contributed by atoms with Gasteiger partial charge >= 0.3 is 0 Å². The third-order valence-electron chi connectivity index (χ3n) is 6.86. The third kappa shape index (κ3) is 6.55. The molecule has 5 nitrogen and oxygen atoms in total. The molecule has 0 atom stereocenters. The number of rotatable bonds is 9. The first-order valence-corrected chi connectivity index (χ1v) is 13.1. The van der Waals surface area contributed by atoms with Crippen LogP contribution in [0.4, 0.5) is 26.1 Å². The van der Waals surface area contributed by atoms with Crippen molar-refractivity contribution in [2.75, 3.05) is 23.3 Å². The number of nitrogens with one attached hydrogen (secondary N) is 1. The van der Waals surface area contributed by atoms with Crippen molar-refractivity contribution in [2.24, 2.45) is 0 Å². The number of carbonyl (C=O) groups is 1. The van der Waals surface area contributed by atoms with Crippen LogP contribution in [0.5, 0.6) is 0 Å². The number of hydrogen-bond acceptors (Lipinski definition) is 5. The zero-order chi connectivity index (χ0) is 27.2. The molecule has 5 rings (SSSR count). The second kappa shape index (κ2) is 12.0. The van der Waals surface area contributed by atoms with Gasteiger partial charge in [0.2, 0.25) is 5.95 Å². The molecule has 198 valence electrons. The molecule has 0 spiro atoms. The van der Waals surface area contributed by atoms with Crippen molar-refractivity contribution in [3.05, 3.63) is 114 Å². The fourth-order valence-electron chi connectivity index (χ4n) is 4.90. The van der Waals surface area contributed by atoms with E-state index < -0.39 is 5.82 Å². The molecule has 0 amide bonds. The number of aromatic nitrogens is 2. The van der Waals surface area contributed by atoms with Gasteiger partial charge in [-0.3, -0.25) is 4.79 Å². The molecule has 0 aliphatic carbocycles. The largest absolute Gasteiger partial charge is 0.371 e. The molecule has 3 aromatic carbocycles. The van der Waals surface area contributed by atoms with Gasteiger partial charge in [-0.05, 0) is 78.9 Å². The van der Waals surface area contributed by atoms with Crippen LogP contribution < -0.4 is 10.2 Å². The van der Waals surface area contributed by atoms with Gasteiger partial charge in [0.25, 0.3) is 0 Å². The number of nitrogens with zero attached hydrogens (tertiary/aromatic N) is 3. The number of halogens is 2. The summed E-state index contributed by atoms with van der Waals surface area (Å²) in [6.07, 6.45) is 6.93. The van der Waals surface area contributed by atoms with Crippen LogP contribution in [0.2, 0.25) is 0 Å². The lowest BCUT2D eigenvalue weighted by Gasteiger charge is -2.29. The van der Waals surface area contributed by atoms with Crippen molar-refractivity contribution in [3.63, 3.8) is 0 Å². The van der Waals surface area contributed by atoms with Crippen molar-refractivity contribution in [1.82, 2.24) is 9.97 Å². The average molecular weight is 525 g/mol. The minimum absolute atomic E-state index is 0.107. The molecule has 1 saturated heterocycles. The maximum absolute atomic E-state index is 15.2. The molecule has 1 fully saturated rings. The number of piperidine rings is 1. The van der Waals surface area contributed by atoms with E-state index >= 15 is 4.39 Å². The van der Waals surface area contributed by atoms with E-state index in [-0.39, 0.29) is 23.6 Å². The van der Waals surface area contributed by atoms with Crippen LogP contribution in [0.25, 0.3) is 11.3 Å². The smallest absolute Gasteiger partial charge is 0.227 e. The summed E-state index contributed by atoms with van der Waals surface area (Å²) in [5, 5.41) is 3.27. The van der Waals surface area contributed by atoms with E-state index in [0.29, 0.717) is 34.8 Å². The van der Waals surface area contributed by atoms with Gasteiger partial charge in [0.15, 0.2) is 5.78 Å². The molecule has 7 heteroatoms. The van der Waals surface area contributed by atoms with Crippen LogP contribution in [0.3, 0.4) is 0 Å². The fourth-order valence-corrected chi connectivity index (χ4v) is 4.90. The lowest BCUT2D eigenvalue weighted by atomic mass is 9.98. The average Bonchev–Trinajstić information content (AvgIpc) is 2.95. The predicted molar refractivity (Wildman–Crippen MR) is 151 cm³/mol. The highest BCUT2D eigenvalue weighted by atomic mass is 19.1. The van der Waals surface area contributed by atoms with Gasteiger partial charge in [0.05, 0.1) is 5.69 Å². The standard InChI is InChI=1S/C32H30F2N4O/c1-2-28(39)18-23-12-13-30(34)29(19-23)31-24(16-22-8-6-9-25(33)17-22)21-35-32(37-31)36-26-10-7-11-27(20-26)38-14-4-3-5-15-38/h2,6-13,17,19-21H,1,3-5,14-16,18H2,(H,35,36,37). The zero-order valence-corrected chi connectivity index (χ0v) is 21.7. The maximum atomic E-state index is 15.2. The molecule has 1 aromatic heterocycles. The summed E-state index contributed by atoms with van der Waals surface area (Å²) in [4.78, 5) is 23.6. The highest BCUT2D eigenvalue weighted by molar-refractivity contribution is 5.91. The Labute approximate surface area is 227 Å². The van der Waals surface area contributed by atoms with Crippen molar-refractivity contribution in [2.45, 2.75) is 32.1 Å². The van der Waals surface area contributed by atoms with Gasteiger partial charge in [-0.25, -0.2) is 18.7 Å². The Morgan fingerprint density at radius 3 is 2.59 bits per heavy atom. The van der Waals surface area contributed by atoms with Gasteiger partial charge in [-0.15, -0.1) is 0 Å². The summed E-state index contributed by atoms with van der Waals surface area (Å²) in [7, 11) is 0. The second-order valence-electron chi connectivity index (χ2n) is 9.76. The van der Waals surface area contributed by atoms with Crippen LogP contribution in [0.15, 0.2) is 85.6 Å². The number of hydrogen-bond donors (Lipinski definition) is 1. The third-order valence-corrected chi connectivity index (χ3v) is 6.86. The second-order valence-corrected chi connectivity index (χ2v) is 9.76. The first kappa shape index (κ1) is 26.2. The molecular formula is C32H30F2N4O. The molecule has 2 heterocycles. The van der Waals surface area contributed by atoms with Crippen LogP contribution in [-0.4, -0.2) is 28.8 Å². The highest BCUT2D eigenvalue weighted by Gasteiger charge is 2.17. The number of allylic oxidation sites excluding steroid dienone is 1. The molecule has 1 aliphatic heterocycles. The molecule has 1 N–H and O–H groups in total. The Morgan fingerprint density at radius 1 is 0.974 bits per heavy atom. The lowest BCUT2D eigenvalue weighted by molar-refractivity contribution is -0.114. The van der Waals surface area contributed by atoms with Gasteiger partial charge in [-0.2, -0.15) is 0 Å². The Hall–Kier alpha value is -4.39. The van der Waals surface area contributed by atoms with Crippen molar-refractivity contribution >= 4 is 23.1 Å². The molecule has 39 heavy (non-hydrogen) atoms. The Kier molecular flexibility index (Phi) is 8.06. The van der Waals surface area contributed by atoms with E-state index in [4.69, 9.17) is 4.98 Å². The van der Waals surface area contributed by atoms with Crippen molar-refractivity contribution in [3.8, 4) is 11.3 Å². The molecule has 0 unspecified atom stereocenters. The number of carbonyl (C=O) groups excluding carboxylic acids is 1. The summed E-state index contributed by atoms with van der Waals surface area (Å²) in [6.45, 7) is 5.59. The summed E-state index contributed by atoms with van der Waals surface area (Å²) in [5.41, 5.74) is 4.60. The molecule has 0 bridgehead atoms. The maximum Gasteiger partial charge on any atom is 0.227 e. The quantitative estimate of drug-likeness (QED) is 0.238. The van der Waals surface area contributed by atoms with E-state index in [1.54, 1.807) is 30.5 Å². The van der Waals surface area contributed by atoms with E-state index in [2.05, 4.69) is 33.9 Å². The molecule has 1 aliphatic rings. The first-order chi connectivity index (χ1) is 19.0. The SMILES string of the molecule is C=CC(=O)Cc1ccc(F)c(-c2nc(Nc3cccc(N4CCCCC4)c3)ncc2Cc2cccc(F)c2)c1. The molecule has 4 aromatic rings. The predicted octanol–water partition coefficient (Wildman–Crippen LogP) is 7.04. The fraction of sp³-hybridized carbons (Fsp3) is 0.219.